The zero-order valence-corrected chi connectivity index (χ0v) is 13.9. The molecule has 0 heterocycles. The molecule has 0 aliphatic heterocycles. The summed E-state index contributed by atoms with van der Waals surface area (Å²) in [7, 11) is 1.36. The van der Waals surface area contributed by atoms with Crippen molar-refractivity contribution in [3.63, 3.8) is 0 Å². The van der Waals surface area contributed by atoms with Crippen LogP contribution >= 0.6 is 11.8 Å². The highest BCUT2D eigenvalue weighted by Crippen LogP contribution is 2.33. The Morgan fingerprint density at radius 2 is 2.21 bits per heavy atom. The fourth-order valence-electron chi connectivity index (χ4n) is 2.26. The number of amides is 1. The van der Waals surface area contributed by atoms with Crippen LogP contribution in [-0.2, 0) is 15.3 Å². The van der Waals surface area contributed by atoms with E-state index in [2.05, 4.69) is 5.32 Å². The Morgan fingerprint density at radius 1 is 1.50 bits per heavy atom. The fraction of sp³-hybridized carbons (Fsp3) is 0.467. The van der Waals surface area contributed by atoms with E-state index in [-0.39, 0.29) is 29.0 Å². The van der Waals surface area contributed by atoms with Crippen LogP contribution in [-0.4, -0.2) is 40.8 Å². The molecule has 8 nitrogen and oxygen atoms in total. The van der Waals surface area contributed by atoms with E-state index in [9.17, 15) is 19.7 Å². The molecule has 130 valence electrons. The number of aliphatic carboxylic acids is 1. The lowest BCUT2D eigenvalue weighted by Crippen LogP contribution is -2.43. The van der Waals surface area contributed by atoms with Gasteiger partial charge in [-0.15, -0.1) is 11.8 Å². The van der Waals surface area contributed by atoms with Gasteiger partial charge in [-0.05, 0) is 30.4 Å². The molecule has 1 amide bonds. The molecule has 24 heavy (non-hydrogen) atoms. The van der Waals surface area contributed by atoms with Crippen LogP contribution in [0.15, 0.2) is 18.2 Å². The molecule has 1 saturated carbocycles. The summed E-state index contributed by atoms with van der Waals surface area (Å²) in [5.74, 6) is -0.653. The van der Waals surface area contributed by atoms with Gasteiger partial charge in [0.15, 0.2) is 5.75 Å². The Kier molecular flexibility index (Phi) is 6.02. The number of ether oxygens (including phenoxy) is 1. The highest BCUT2D eigenvalue weighted by Gasteiger charge is 2.37. The first kappa shape index (κ1) is 18.1. The minimum absolute atomic E-state index is 0.0284. The van der Waals surface area contributed by atoms with Gasteiger partial charge in [-0.3, -0.25) is 14.9 Å². The van der Waals surface area contributed by atoms with Crippen LogP contribution in [0, 0.1) is 16.0 Å². The van der Waals surface area contributed by atoms with Crippen LogP contribution in [0.4, 0.5) is 5.69 Å². The first-order valence-corrected chi connectivity index (χ1v) is 8.49. The van der Waals surface area contributed by atoms with Crippen LogP contribution in [0.25, 0.3) is 0 Å². The van der Waals surface area contributed by atoms with Gasteiger partial charge >= 0.3 is 11.7 Å². The van der Waals surface area contributed by atoms with Gasteiger partial charge in [0.2, 0.25) is 5.91 Å². The third kappa shape index (κ3) is 4.85. The molecule has 2 rings (SSSR count). The normalized spacial score (nSPS) is 14.7. The van der Waals surface area contributed by atoms with Gasteiger partial charge in [-0.1, -0.05) is 6.07 Å². The van der Waals surface area contributed by atoms with Crippen molar-refractivity contribution >= 4 is 29.3 Å². The topological polar surface area (TPSA) is 119 Å². The average molecular weight is 354 g/mol. The Balaban J connectivity index is 1.85. The number of thioether (sulfide) groups is 1. The molecule has 9 heteroatoms. The summed E-state index contributed by atoms with van der Waals surface area (Å²) in [6.45, 7) is 0. The van der Waals surface area contributed by atoms with E-state index in [4.69, 9.17) is 9.84 Å². The summed E-state index contributed by atoms with van der Waals surface area (Å²) >= 11 is 1.27. The van der Waals surface area contributed by atoms with E-state index < -0.39 is 16.9 Å². The van der Waals surface area contributed by atoms with Crippen LogP contribution in [0.5, 0.6) is 5.75 Å². The Morgan fingerprint density at radius 3 is 2.75 bits per heavy atom. The Bertz CT molecular complexity index is 647. The number of nitrogens with one attached hydrogen (secondary N) is 1. The van der Waals surface area contributed by atoms with Gasteiger partial charge in [0.05, 0.1) is 17.8 Å². The molecule has 2 N–H and O–H groups in total. The number of carboxylic acid groups (broad SMARTS) is 1. The van der Waals surface area contributed by atoms with E-state index in [0.717, 1.165) is 12.8 Å². The number of hydrogen-bond donors (Lipinski definition) is 2. The molecule has 0 aromatic heterocycles. The number of hydrogen-bond acceptors (Lipinski definition) is 6. The first-order chi connectivity index (χ1) is 11.4. The van der Waals surface area contributed by atoms with Gasteiger partial charge < -0.3 is 15.2 Å². The molecule has 1 unspecified atom stereocenters. The van der Waals surface area contributed by atoms with Crippen LogP contribution in [0.3, 0.4) is 0 Å². The summed E-state index contributed by atoms with van der Waals surface area (Å²) in [5.41, 5.74) is 0.567. The molecule has 0 saturated heterocycles. The molecular formula is C15H18N2O6S. The lowest BCUT2D eigenvalue weighted by Gasteiger charge is -2.13. The number of rotatable bonds is 9. The van der Waals surface area contributed by atoms with E-state index in [1.165, 1.54) is 31.0 Å². The molecule has 1 aromatic carbocycles. The molecule has 1 aromatic rings. The van der Waals surface area contributed by atoms with Crippen molar-refractivity contribution in [1.82, 2.24) is 5.32 Å². The van der Waals surface area contributed by atoms with E-state index in [1.807, 2.05) is 0 Å². The molecule has 1 aliphatic carbocycles. The van der Waals surface area contributed by atoms with Gasteiger partial charge in [-0.25, -0.2) is 4.79 Å². The number of benzene rings is 1. The maximum atomic E-state index is 11.8. The van der Waals surface area contributed by atoms with Crippen LogP contribution in [0.2, 0.25) is 0 Å². The maximum absolute atomic E-state index is 11.8. The fourth-order valence-corrected chi connectivity index (χ4v) is 3.04. The number of carboxylic acids is 1. The summed E-state index contributed by atoms with van der Waals surface area (Å²) < 4.78 is 4.93. The SMILES string of the molecule is COc1ccc(CSCC(=O)NC(C(=O)O)C2CC2)cc1[N+](=O)[O-]. The summed E-state index contributed by atoms with van der Waals surface area (Å²) in [4.78, 5) is 33.4. The van der Waals surface area contributed by atoms with Crippen molar-refractivity contribution in [2.24, 2.45) is 5.92 Å². The van der Waals surface area contributed by atoms with Crippen molar-refractivity contribution in [3.8, 4) is 5.75 Å². The minimum atomic E-state index is -1.01. The molecule has 1 atom stereocenters. The second-order valence-corrected chi connectivity index (χ2v) is 6.46. The molecule has 1 fully saturated rings. The van der Waals surface area contributed by atoms with Gasteiger partial charge in [0.25, 0.3) is 0 Å². The largest absolute Gasteiger partial charge is 0.490 e. The first-order valence-electron chi connectivity index (χ1n) is 7.33. The Hall–Kier alpha value is -2.29. The van der Waals surface area contributed by atoms with Crippen molar-refractivity contribution < 1.29 is 24.4 Å². The highest BCUT2D eigenvalue weighted by atomic mass is 32.2. The van der Waals surface area contributed by atoms with Crippen molar-refractivity contribution in [3.05, 3.63) is 33.9 Å². The summed E-state index contributed by atoms with van der Waals surface area (Å²) in [6.07, 6.45) is 1.64. The van der Waals surface area contributed by atoms with Gasteiger partial charge in [0.1, 0.15) is 6.04 Å². The number of carbonyl (C=O) groups excluding carboxylic acids is 1. The quantitative estimate of drug-likeness (QED) is 0.513. The number of nitrogens with zero attached hydrogens (tertiary/aromatic N) is 1. The summed E-state index contributed by atoms with van der Waals surface area (Å²) in [6, 6.07) is 3.80. The standard InChI is InChI=1S/C15H18N2O6S/c1-23-12-5-2-9(6-11(12)17(21)22)7-24-8-13(18)16-14(15(19)20)10-3-4-10/h2,5-6,10,14H,3-4,7-8H2,1H3,(H,16,18)(H,19,20). The minimum Gasteiger partial charge on any atom is -0.490 e. The van der Waals surface area contributed by atoms with Crippen molar-refractivity contribution in [2.45, 2.75) is 24.6 Å². The van der Waals surface area contributed by atoms with Gasteiger partial charge in [-0.2, -0.15) is 0 Å². The Labute approximate surface area is 142 Å². The van der Waals surface area contributed by atoms with E-state index in [1.54, 1.807) is 6.07 Å². The lowest BCUT2D eigenvalue weighted by molar-refractivity contribution is -0.385. The maximum Gasteiger partial charge on any atom is 0.326 e. The molecular weight excluding hydrogens is 336 g/mol. The number of nitro benzene ring substituents is 1. The van der Waals surface area contributed by atoms with Crippen LogP contribution in [0.1, 0.15) is 18.4 Å². The van der Waals surface area contributed by atoms with Crippen molar-refractivity contribution in [1.29, 1.82) is 0 Å². The predicted molar refractivity (Wildman–Crippen MR) is 88.1 cm³/mol. The number of nitro groups is 1. The third-order valence-corrected chi connectivity index (χ3v) is 4.62. The zero-order chi connectivity index (χ0) is 17.7. The van der Waals surface area contributed by atoms with E-state index in [0.29, 0.717) is 11.3 Å². The van der Waals surface area contributed by atoms with Gasteiger partial charge in [0, 0.05) is 11.8 Å². The van der Waals surface area contributed by atoms with Crippen molar-refractivity contribution in [2.75, 3.05) is 12.9 Å². The third-order valence-electron chi connectivity index (χ3n) is 3.62. The smallest absolute Gasteiger partial charge is 0.326 e. The molecule has 1 aliphatic rings. The lowest BCUT2D eigenvalue weighted by atomic mass is 10.2. The average Bonchev–Trinajstić information content (AvgIpc) is 3.36. The zero-order valence-electron chi connectivity index (χ0n) is 13.1. The molecule has 0 radical (unpaired) electrons. The van der Waals surface area contributed by atoms with Crippen LogP contribution < -0.4 is 10.1 Å². The number of carbonyl (C=O) groups is 2. The second-order valence-electron chi connectivity index (χ2n) is 5.48. The number of methoxy groups -OCH3 is 1. The second kappa shape index (κ2) is 8.00. The molecule has 0 spiro atoms. The highest BCUT2D eigenvalue weighted by molar-refractivity contribution is 7.99. The molecule has 0 bridgehead atoms. The predicted octanol–water partition coefficient (Wildman–Crippen LogP) is 1.82. The monoisotopic (exact) mass is 354 g/mol. The van der Waals surface area contributed by atoms with E-state index >= 15 is 0 Å². The summed E-state index contributed by atoms with van der Waals surface area (Å²) in [5, 5.41) is 22.6.